The first-order valence-corrected chi connectivity index (χ1v) is 9.49. The Kier molecular flexibility index (Phi) is 7.61. The lowest BCUT2D eigenvalue weighted by Crippen LogP contribution is -2.25. The number of rotatable bonds is 9. The molecule has 0 fully saturated rings. The van der Waals surface area contributed by atoms with Gasteiger partial charge in [-0.05, 0) is 43.2 Å². The Morgan fingerprint density at radius 2 is 1.96 bits per heavy atom. The second-order valence-corrected chi connectivity index (χ2v) is 7.17. The van der Waals surface area contributed by atoms with Crippen molar-refractivity contribution < 1.29 is 9.53 Å². The molecule has 2 rings (SSSR count). The molecule has 1 amide bonds. The van der Waals surface area contributed by atoms with E-state index in [1.54, 1.807) is 12.1 Å². The van der Waals surface area contributed by atoms with Gasteiger partial charge in [0.05, 0.1) is 0 Å². The molecule has 4 heteroatoms. The number of benzene rings is 2. The van der Waals surface area contributed by atoms with Crippen molar-refractivity contribution in [2.45, 2.75) is 19.6 Å². The number of aryl methyl sites for hydroxylation is 1. The Labute approximate surface area is 154 Å². The highest BCUT2D eigenvalue weighted by atomic mass is 32.2. The molecule has 0 radical (unpaired) electrons. The summed E-state index contributed by atoms with van der Waals surface area (Å²) in [6.45, 7) is 8.91. The maximum atomic E-state index is 12.2. The maximum absolute atomic E-state index is 12.2. The zero-order chi connectivity index (χ0) is 18.1. The van der Waals surface area contributed by atoms with Crippen molar-refractivity contribution in [3.05, 3.63) is 77.4 Å². The number of hydrogen-bond donors (Lipinski definition) is 1. The molecule has 0 bridgehead atoms. The zero-order valence-electron chi connectivity index (χ0n) is 14.9. The number of hydrogen-bond acceptors (Lipinski definition) is 3. The molecule has 1 N–H and O–H groups in total. The number of carbonyl (C=O) groups excluding carboxylic acids is 1. The van der Waals surface area contributed by atoms with Crippen LogP contribution in [-0.4, -0.2) is 24.8 Å². The molecule has 0 aromatic heterocycles. The lowest BCUT2D eigenvalue weighted by molar-refractivity contribution is 0.0955. The average molecular weight is 356 g/mol. The molecule has 0 spiro atoms. The van der Waals surface area contributed by atoms with E-state index in [4.69, 9.17) is 4.74 Å². The summed E-state index contributed by atoms with van der Waals surface area (Å²) in [5, 5.41) is 2.95. The summed E-state index contributed by atoms with van der Waals surface area (Å²) in [5.41, 5.74) is 4.14. The fraction of sp³-hybridized carbons (Fsp3) is 0.286. The number of carbonyl (C=O) groups is 1. The van der Waals surface area contributed by atoms with Gasteiger partial charge in [0.15, 0.2) is 0 Å². The molecule has 0 saturated carbocycles. The molecule has 0 heterocycles. The first-order chi connectivity index (χ1) is 12.0. The van der Waals surface area contributed by atoms with E-state index in [0.717, 1.165) is 17.1 Å². The van der Waals surface area contributed by atoms with Crippen molar-refractivity contribution in [3.8, 4) is 5.75 Å². The van der Waals surface area contributed by atoms with E-state index < -0.39 is 0 Å². The maximum Gasteiger partial charge on any atom is 0.251 e. The third-order valence-corrected chi connectivity index (χ3v) is 4.53. The van der Waals surface area contributed by atoms with E-state index >= 15 is 0 Å². The average Bonchev–Trinajstić information content (AvgIpc) is 2.61. The molecule has 3 nitrogen and oxygen atoms in total. The van der Waals surface area contributed by atoms with Crippen LogP contribution in [0.2, 0.25) is 0 Å². The molecule has 0 aliphatic heterocycles. The van der Waals surface area contributed by atoms with Gasteiger partial charge < -0.3 is 10.1 Å². The van der Waals surface area contributed by atoms with Crippen molar-refractivity contribution in [1.29, 1.82) is 0 Å². The minimum atomic E-state index is -0.0725. The van der Waals surface area contributed by atoms with Crippen LogP contribution in [0.4, 0.5) is 0 Å². The van der Waals surface area contributed by atoms with Crippen LogP contribution in [-0.2, 0) is 5.75 Å². The van der Waals surface area contributed by atoms with E-state index in [1.807, 2.05) is 30.8 Å². The highest BCUT2D eigenvalue weighted by Crippen LogP contribution is 2.15. The third-order valence-electron chi connectivity index (χ3n) is 3.50. The number of nitrogens with one attached hydrogen (secondary N) is 1. The predicted molar refractivity (Wildman–Crippen MR) is 106 cm³/mol. The van der Waals surface area contributed by atoms with E-state index in [0.29, 0.717) is 24.5 Å². The van der Waals surface area contributed by atoms with Gasteiger partial charge in [0.25, 0.3) is 5.91 Å². The molecular weight excluding hydrogens is 330 g/mol. The first kappa shape index (κ1) is 19.1. The lowest BCUT2D eigenvalue weighted by Gasteiger charge is -2.09. The first-order valence-electron chi connectivity index (χ1n) is 8.33. The van der Waals surface area contributed by atoms with E-state index in [9.17, 15) is 4.79 Å². The fourth-order valence-corrected chi connectivity index (χ4v) is 2.97. The summed E-state index contributed by atoms with van der Waals surface area (Å²) < 4.78 is 5.57. The van der Waals surface area contributed by atoms with E-state index in [-0.39, 0.29) is 5.91 Å². The Balaban J connectivity index is 1.71. The van der Waals surface area contributed by atoms with Gasteiger partial charge in [-0.25, -0.2) is 0 Å². The standard InChI is InChI=1S/C21H25NO2S/c1-16(2)14-24-20-6-4-5-19(13-20)21(23)22-11-12-25-15-18-9-7-17(3)8-10-18/h4-10,13H,1,11-12,14-15H2,2-3H3,(H,22,23). The van der Waals surface area contributed by atoms with Gasteiger partial charge in [-0.3, -0.25) is 4.79 Å². The topological polar surface area (TPSA) is 38.3 Å². The fourth-order valence-electron chi connectivity index (χ4n) is 2.15. The van der Waals surface area contributed by atoms with Crippen molar-refractivity contribution in [1.82, 2.24) is 5.32 Å². The molecule has 0 unspecified atom stereocenters. The Bertz CT molecular complexity index is 710. The van der Waals surface area contributed by atoms with Gasteiger partial charge in [-0.1, -0.05) is 42.5 Å². The monoisotopic (exact) mass is 355 g/mol. The van der Waals surface area contributed by atoms with Crippen LogP contribution in [0.1, 0.15) is 28.4 Å². The number of ether oxygens (including phenoxy) is 1. The molecule has 0 aliphatic carbocycles. The Morgan fingerprint density at radius 1 is 1.20 bits per heavy atom. The Morgan fingerprint density at radius 3 is 2.68 bits per heavy atom. The number of amides is 1. The van der Waals surface area contributed by atoms with Crippen LogP contribution in [0.25, 0.3) is 0 Å². The van der Waals surface area contributed by atoms with Crippen molar-refractivity contribution in [2.75, 3.05) is 18.9 Å². The van der Waals surface area contributed by atoms with Crippen molar-refractivity contribution in [2.24, 2.45) is 0 Å². The van der Waals surface area contributed by atoms with Gasteiger partial charge in [-0.15, -0.1) is 0 Å². The second-order valence-electron chi connectivity index (χ2n) is 6.07. The van der Waals surface area contributed by atoms with Crippen LogP contribution in [0.15, 0.2) is 60.7 Å². The van der Waals surface area contributed by atoms with Gasteiger partial charge in [0, 0.05) is 23.6 Å². The highest BCUT2D eigenvalue weighted by Gasteiger charge is 2.06. The second kappa shape index (κ2) is 9.94. The molecule has 2 aromatic rings. The smallest absolute Gasteiger partial charge is 0.251 e. The number of thioether (sulfide) groups is 1. The molecule has 2 aromatic carbocycles. The predicted octanol–water partition coefficient (Wildman–Crippen LogP) is 4.61. The summed E-state index contributed by atoms with van der Waals surface area (Å²) in [6.07, 6.45) is 0. The van der Waals surface area contributed by atoms with Crippen LogP contribution in [0, 0.1) is 6.92 Å². The van der Waals surface area contributed by atoms with Crippen LogP contribution in [0.5, 0.6) is 5.75 Å². The highest BCUT2D eigenvalue weighted by molar-refractivity contribution is 7.98. The molecule has 0 saturated heterocycles. The molecule has 0 aliphatic rings. The molecular formula is C21H25NO2S. The van der Waals surface area contributed by atoms with Gasteiger partial charge in [0.1, 0.15) is 12.4 Å². The van der Waals surface area contributed by atoms with Crippen LogP contribution < -0.4 is 10.1 Å². The third kappa shape index (κ3) is 7.06. The van der Waals surface area contributed by atoms with E-state index in [1.165, 1.54) is 11.1 Å². The minimum absolute atomic E-state index is 0.0725. The lowest BCUT2D eigenvalue weighted by atomic mass is 10.2. The quantitative estimate of drug-likeness (QED) is 0.527. The van der Waals surface area contributed by atoms with Crippen molar-refractivity contribution in [3.63, 3.8) is 0 Å². The molecule has 132 valence electrons. The van der Waals surface area contributed by atoms with Gasteiger partial charge in [-0.2, -0.15) is 11.8 Å². The van der Waals surface area contributed by atoms with Crippen molar-refractivity contribution >= 4 is 17.7 Å². The van der Waals surface area contributed by atoms with Crippen LogP contribution in [0.3, 0.4) is 0 Å². The van der Waals surface area contributed by atoms with E-state index in [2.05, 4.69) is 43.1 Å². The summed E-state index contributed by atoms with van der Waals surface area (Å²) in [4.78, 5) is 12.2. The molecule has 0 atom stereocenters. The Hall–Kier alpha value is -2.20. The zero-order valence-corrected chi connectivity index (χ0v) is 15.7. The SMILES string of the molecule is C=C(C)COc1cccc(C(=O)NCCSCc2ccc(C)cc2)c1. The van der Waals surface area contributed by atoms with Gasteiger partial charge >= 0.3 is 0 Å². The summed E-state index contributed by atoms with van der Waals surface area (Å²) >= 11 is 1.81. The largest absolute Gasteiger partial charge is 0.489 e. The summed E-state index contributed by atoms with van der Waals surface area (Å²) in [6, 6.07) is 15.8. The normalized spacial score (nSPS) is 10.3. The summed E-state index contributed by atoms with van der Waals surface area (Å²) in [5.74, 6) is 2.45. The van der Waals surface area contributed by atoms with Gasteiger partial charge in [0.2, 0.25) is 0 Å². The summed E-state index contributed by atoms with van der Waals surface area (Å²) in [7, 11) is 0. The minimum Gasteiger partial charge on any atom is -0.489 e. The molecule has 25 heavy (non-hydrogen) atoms. The van der Waals surface area contributed by atoms with Crippen LogP contribution >= 0.6 is 11.8 Å².